The molecule has 2 aromatic heterocycles. The predicted molar refractivity (Wildman–Crippen MR) is 126 cm³/mol. The molecule has 0 aliphatic carbocycles. The molecule has 0 radical (unpaired) electrons. The van der Waals surface area contributed by atoms with E-state index in [1.165, 1.54) is 0 Å². The summed E-state index contributed by atoms with van der Waals surface area (Å²) in [5.74, 6) is 0.950. The second-order valence-electron chi connectivity index (χ2n) is 8.93. The quantitative estimate of drug-likeness (QED) is 0.637. The van der Waals surface area contributed by atoms with Gasteiger partial charge in [-0.25, -0.2) is 9.97 Å². The van der Waals surface area contributed by atoms with E-state index in [9.17, 15) is 4.79 Å². The lowest BCUT2D eigenvalue weighted by Gasteiger charge is -2.38. The zero-order valence-electron chi connectivity index (χ0n) is 18.5. The van der Waals surface area contributed by atoms with Crippen molar-refractivity contribution in [3.63, 3.8) is 0 Å². The molecule has 9 heteroatoms. The third-order valence-electron chi connectivity index (χ3n) is 6.00. The summed E-state index contributed by atoms with van der Waals surface area (Å²) in [5.41, 5.74) is 1.56. The molecular formula is C23H28N6O2S. The second kappa shape index (κ2) is 8.63. The zero-order chi connectivity index (χ0) is 22.1. The third kappa shape index (κ3) is 4.27. The molecule has 2 aliphatic heterocycles. The van der Waals surface area contributed by atoms with E-state index in [0.29, 0.717) is 18.8 Å². The molecule has 1 N–H and O–H groups in total. The number of carbonyl (C=O) groups excluding carboxylic acids is 1. The van der Waals surface area contributed by atoms with Crippen LogP contribution in [0.15, 0.2) is 36.7 Å². The Hall–Kier alpha value is -2.78. The van der Waals surface area contributed by atoms with E-state index in [2.05, 4.69) is 38.9 Å². The number of amides is 1. The molecule has 0 spiro atoms. The van der Waals surface area contributed by atoms with Crippen LogP contribution in [0.1, 0.15) is 32.3 Å². The molecule has 1 atom stereocenters. The molecule has 2 saturated heterocycles. The Morgan fingerprint density at radius 2 is 2.09 bits per heavy atom. The van der Waals surface area contributed by atoms with Crippen LogP contribution in [0.4, 0.5) is 10.9 Å². The Kier molecular flexibility index (Phi) is 5.69. The molecule has 4 heterocycles. The normalized spacial score (nSPS) is 20.6. The van der Waals surface area contributed by atoms with Gasteiger partial charge in [0.15, 0.2) is 16.6 Å². The fourth-order valence-corrected chi connectivity index (χ4v) is 5.56. The first kappa shape index (κ1) is 21.1. The maximum Gasteiger partial charge on any atom is 0.243 e. The zero-order valence-corrected chi connectivity index (χ0v) is 19.3. The first-order chi connectivity index (χ1) is 15.5. The van der Waals surface area contributed by atoms with Crippen molar-refractivity contribution in [1.29, 1.82) is 0 Å². The molecule has 0 saturated carbocycles. The number of nitrogens with one attached hydrogen (secondary N) is 1. The van der Waals surface area contributed by atoms with Crippen LogP contribution < -0.4 is 15.1 Å². The maximum absolute atomic E-state index is 13.0. The van der Waals surface area contributed by atoms with Gasteiger partial charge in [-0.15, -0.1) is 0 Å². The third-order valence-corrected chi connectivity index (χ3v) is 7.07. The molecule has 5 rings (SSSR count). The van der Waals surface area contributed by atoms with Gasteiger partial charge in [0.05, 0.1) is 12.2 Å². The largest absolute Gasteiger partial charge is 0.372 e. The Morgan fingerprint density at radius 3 is 2.91 bits per heavy atom. The highest BCUT2D eigenvalue weighted by Gasteiger charge is 2.34. The lowest BCUT2D eigenvalue weighted by molar-refractivity contribution is -0.122. The van der Waals surface area contributed by atoms with Gasteiger partial charge in [0.1, 0.15) is 17.1 Å². The number of hydrogen-bond acceptors (Lipinski definition) is 8. The van der Waals surface area contributed by atoms with Crippen LogP contribution in [0.25, 0.3) is 10.3 Å². The first-order valence-electron chi connectivity index (χ1n) is 11.1. The van der Waals surface area contributed by atoms with Crippen molar-refractivity contribution >= 4 is 38.5 Å². The van der Waals surface area contributed by atoms with Gasteiger partial charge in [-0.1, -0.05) is 41.7 Å². The number of carbonyl (C=O) groups is 1. The van der Waals surface area contributed by atoms with Crippen molar-refractivity contribution in [2.45, 2.75) is 44.9 Å². The van der Waals surface area contributed by atoms with E-state index in [1.54, 1.807) is 17.7 Å². The molecule has 2 aliphatic rings. The minimum absolute atomic E-state index is 0.0480. The van der Waals surface area contributed by atoms with Gasteiger partial charge in [0.2, 0.25) is 5.91 Å². The van der Waals surface area contributed by atoms with Gasteiger partial charge in [-0.2, -0.15) is 4.98 Å². The van der Waals surface area contributed by atoms with Crippen molar-refractivity contribution in [1.82, 2.24) is 20.3 Å². The van der Waals surface area contributed by atoms with Crippen LogP contribution in [0.2, 0.25) is 0 Å². The number of nitrogens with zero attached hydrogens (tertiary/aromatic N) is 5. The van der Waals surface area contributed by atoms with Crippen molar-refractivity contribution < 1.29 is 9.53 Å². The van der Waals surface area contributed by atoms with E-state index in [0.717, 1.165) is 53.7 Å². The molecule has 2 fully saturated rings. The van der Waals surface area contributed by atoms with Gasteiger partial charge in [0, 0.05) is 26.2 Å². The lowest BCUT2D eigenvalue weighted by Crippen LogP contribution is -2.48. The number of rotatable bonds is 5. The SMILES string of the molecule is CC1(C)CN(c2ncnc3nc(N4CCC[C@@H]4C(=O)NCc4ccccc4)sc23)CCO1. The highest BCUT2D eigenvalue weighted by molar-refractivity contribution is 7.22. The van der Waals surface area contributed by atoms with E-state index in [-0.39, 0.29) is 17.6 Å². The second-order valence-corrected chi connectivity index (χ2v) is 9.91. The Labute approximate surface area is 191 Å². The summed E-state index contributed by atoms with van der Waals surface area (Å²) in [6.45, 7) is 7.76. The van der Waals surface area contributed by atoms with Crippen molar-refractivity contribution in [3.05, 3.63) is 42.2 Å². The predicted octanol–water partition coefficient (Wildman–Crippen LogP) is 2.99. The summed E-state index contributed by atoms with van der Waals surface area (Å²) in [6, 6.07) is 9.78. The van der Waals surface area contributed by atoms with Crippen LogP contribution in [0.3, 0.4) is 0 Å². The summed E-state index contributed by atoms with van der Waals surface area (Å²) in [4.78, 5) is 31.1. The number of fused-ring (bicyclic) bond motifs is 1. The number of anilines is 2. The van der Waals surface area contributed by atoms with E-state index in [4.69, 9.17) is 9.72 Å². The first-order valence-corrected chi connectivity index (χ1v) is 11.9. The van der Waals surface area contributed by atoms with Crippen LogP contribution in [-0.4, -0.2) is 58.7 Å². The molecule has 1 amide bonds. The molecule has 0 bridgehead atoms. The number of morpholine rings is 1. The van der Waals surface area contributed by atoms with Crippen molar-refractivity contribution in [2.24, 2.45) is 0 Å². The topological polar surface area (TPSA) is 83.5 Å². The van der Waals surface area contributed by atoms with Crippen molar-refractivity contribution in [3.8, 4) is 0 Å². The lowest BCUT2D eigenvalue weighted by atomic mass is 10.1. The molecule has 32 heavy (non-hydrogen) atoms. The van der Waals surface area contributed by atoms with Gasteiger partial charge in [-0.05, 0) is 32.3 Å². The summed E-state index contributed by atoms with van der Waals surface area (Å²) in [6.07, 6.45) is 3.37. The number of benzene rings is 1. The number of hydrogen-bond donors (Lipinski definition) is 1. The fraction of sp³-hybridized carbons (Fsp3) is 0.478. The fourth-order valence-electron chi connectivity index (χ4n) is 4.45. The molecule has 0 unspecified atom stereocenters. The van der Waals surface area contributed by atoms with Gasteiger partial charge < -0.3 is 19.9 Å². The van der Waals surface area contributed by atoms with E-state index < -0.39 is 0 Å². The van der Waals surface area contributed by atoms with Crippen molar-refractivity contribution in [2.75, 3.05) is 36.0 Å². The number of ether oxygens (including phenoxy) is 1. The summed E-state index contributed by atoms with van der Waals surface area (Å²) in [5, 5.41) is 3.93. The highest BCUT2D eigenvalue weighted by Crippen LogP contribution is 2.37. The molecule has 168 valence electrons. The van der Waals surface area contributed by atoms with E-state index in [1.807, 2.05) is 30.3 Å². The van der Waals surface area contributed by atoms with E-state index >= 15 is 0 Å². The summed E-state index contributed by atoms with van der Waals surface area (Å²) < 4.78 is 6.83. The standard InChI is InChI=1S/C23H28N6O2S/c1-23(2)14-28(11-12-31-23)20-18-19(25-15-26-20)27-22(32-18)29-10-6-9-17(29)21(30)24-13-16-7-4-3-5-8-16/h3-5,7-8,15,17H,6,9-14H2,1-2H3,(H,24,30)/t17-/m1/s1. The van der Waals surface area contributed by atoms with Crippen LogP contribution >= 0.6 is 11.3 Å². The highest BCUT2D eigenvalue weighted by atomic mass is 32.1. The summed E-state index contributed by atoms with van der Waals surface area (Å²) >= 11 is 1.58. The Bertz CT molecular complexity index is 1100. The Morgan fingerprint density at radius 1 is 1.25 bits per heavy atom. The number of aromatic nitrogens is 3. The number of thiazole rings is 1. The van der Waals surface area contributed by atoms with Crippen LogP contribution in [0.5, 0.6) is 0 Å². The Balaban J connectivity index is 1.36. The van der Waals surface area contributed by atoms with Gasteiger partial charge in [-0.3, -0.25) is 4.79 Å². The minimum atomic E-state index is -0.222. The average molecular weight is 453 g/mol. The van der Waals surface area contributed by atoms with Gasteiger partial charge in [0.25, 0.3) is 0 Å². The molecule has 1 aromatic carbocycles. The van der Waals surface area contributed by atoms with Crippen LogP contribution in [-0.2, 0) is 16.1 Å². The smallest absolute Gasteiger partial charge is 0.243 e. The average Bonchev–Trinajstić information content (AvgIpc) is 3.44. The van der Waals surface area contributed by atoms with Gasteiger partial charge >= 0.3 is 0 Å². The maximum atomic E-state index is 13.0. The molecular weight excluding hydrogens is 424 g/mol. The molecule has 8 nitrogen and oxygen atoms in total. The minimum Gasteiger partial charge on any atom is -0.372 e. The van der Waals surface area contributed by atoms with Crippen LogP contribution in [0, 0.1) is 0 Å². The molecule has 3 aromatic rings. The summed E-state index contributed by atoms with van der Waals surface area (Å²) in [7, 11) is 0. The monoisotopic (exact) mass is 452 g/mol.